The summed E-state index contributed by atoms with van der Waals surface area (Å²) >= 11 is 9.48. The van der Waals surface area contributed by atoms with Crippen molar-refractivity contribution in [2.45, 2.75) is 0 Å². The molecule has 1 rings (SSSR count). The molecule has 0 aliphatic rings. The van der Waals surface area contributed by atoms with Crippen LogP contribution in [0.25, 0.3) is 0 Å². The molecule has 0 spiro atoms. The third kappa shape index (κ3) is 2.05. The third-order valence-corrected chi connectivity index (χ3v) is 4.26. The number of rotatable bonds is 1. The molecule has 3 N–H and O–H groups in total. The summed E-state index contributed by atoms with van der Waals surface area (Å²) < 4.78 is 1.54. The van der Waals surface area contributed by atoms with Crippen LogP contribution in [0.5, 0.6) is 0 Å². The van der Waals surface area contributed by atoms with Gasteiger partial charge in [0.25, 0.3) is 0 Å². The van der Waals surface area contributed by atoms with Crippen molar-refractivity contribution >= 4 is 59.4 Å². The van der Waals surface area contributed by atoms with Gasteiger partial charge in [0.1, 0.15) is 0 Å². The third-order valence-electron chi connectivity index (χ3n) is 1.42. The number of hydrogen-bond donors (Lipinski definition) is 2. The van der Waals surface area contributed by atoms with Gasteiger partial charge >= 0.3 is 5.97 Å². The number of hydrogen-bond acceptors (Lipinski definition) is 2. The Hall–Kier alpha value is -0.0700. The molecule has 0 saturated carbocycles. The van der Waals surface area contributed by atoms with Gasteiger partial charge in [0.15, 0.2) is 0 Å². The molecular formula is C7H4Br3NO2. The lowest BCUT2D eigenvalue weighted by atomic mass is 10.2. The highest BCUT2D eigenvalue weighted by Gasteiger charge is 2.15. The summed E-state index contributed by atoms with van der Waals surface area (Å²) in [6, 6.07) is 1.45. The highest BCUT2D eigenvalue weighted by atomic mass is 79.9. The van der Waals surface area contributed by atoms with Gasteiger partial charge in [-0.3, -0.25) is 0 Å². The molecule has 0 unspecified atom stereocenters. The molecule has 0 heterocycles. The first-order valence-electron chi connectivity index (χ1n) is 3.11. The molecular weight excluding hydrogens is 370 g/mol. The van der Waals surface area contributed by atoms with Crippen molar-refractivity contribution in [1.29, 1.82) is 0 Å². The van der Waals surface area contributed by atoms with Crippen molar-refractivity contribution < 1.29 is 9.90 Å². The van der Waals surface area contributed by atoms with Gasteiger partial charge in [-0.05, 0) is 53.9 Å². The normalized spacial score (nSPS) is 10.1. The Morgan fingerprint density at radius 1 is 1.31 bits per heavy atom. The molecule has 0 atom stereocenters. The summed E-state index contributed by atoms with van der Waals surface area (Å²) in [5.74, 6) is -1.01. The molecule has 0 aliphatic heterocycles. The maximum atomic E-state index is 10.7. The Morgan fingerprint density at radius 2 is 1.85 bits per heavy atom. The monoisotopic (exact) mass is 371 g/mol. The number of carbonyl (C=O) groups is 1. The fourth-order valence-electron chi connectivity index (χ4n) is 0.765. The maximum absolute atomic E-state index is 10.7. The lowest BCUT2D eigenvalue weighted by Crippen LogP contribution is -2.00. The van der Waals surface area contributed by atoms with Crippen LogP contribution in [-0.4, -0.2) is 11.1 Å². The van der Waals surface area contributed by atoms with E-state index in [9.17, 15) is 4.79 Å². The Kier molecular flexibility index (Phi) is 3.37. The zero-order valence-electron chi connectivity index (χ0n) is 6.14. The van der Waals surface area contributed by atoms with Gasteiger partial charge in [0.05, 0.1) is 15.7 Å². The molecule has 1 aromatic carbocycles. The summed E-state index contributed by atoms with van der Waals surface area (Å²) in [5.41, 5.74) is 6.26. The average Bonchev–Trinajstić information content (AvgIpc) is 2.07. The minimum atomic E-state index is -1.01. The van der Waals surface area contributed by atoms with E-state index in [-0.39, 0.29) is 5.56 Å². The molecule has 6 heteroatoms. The first kappa shape index (κ1) is 11.0. The van der Waals surface area contributed by atoms with Crippen molar-refractivity contribution in [3.8, 4) is 0 Å². The van der Waals surface area contributed by atoms with Crippen LogP contribution in [0.3, 0.4) is 0 Å². The van der Waals surface area contributed by atoms with E-state index in [1.54, 1.807) is 0 Å². The lowest BCUT2D eigenvalue weighted by Gasteiger charge is -2.06. The smallest absolute Gasteiger partial charge is 0.336 e. The van der Waals surface area contributed by atoms with E-state index in [4.69, 9.17) is 10.8 Å². The molecule has 0 radical (unpaired) electrons. The molecule has 3 nitrogen and oxygen atoms in total. The van der Waals surface area contributed by atoms with E-state index in [0.717, 1.165) is 0 Å². The standard InChI is InChI=1S/C7H4Br3NO2/c8-3-1-2(7(12)13)4(9)5(10)6(3)11/h1H,11H2,(H,12,13). The van der Waals surface area contributed by atoms with E-state index in [2.05, 4.69) is 47.8 Å². The summed E-state index contributed by atoms with van der Waals surface area (Å²) in [5, 5.41) is 8.79. The van der Waals surface area contributed by atoms with Crippen LogP contribution in [0.1, 0.15) is 10.4 Å². The number of halogens is 3. The second kappa shape index (κ2) is 3.98. The average molecular weight is 374 g/mol. The molecule has 0 aromatic heterocycles. The zero-order chi connectivity index (χ0) is 10.2. The predicted octanol–water partition coefficient (Wildman–Crippen LogP) is 3.25. The molecule has 0 fully saturated rings. The van der Waals surface area contributed by atoms with Gasteiger partial charge in [0.2, 0.25) is 0 Å². The molecule has 13 heavy (non-hydrogen) atoms. The van der Waals surface area contributed by atoms with Crippen molar-refractivity contribution in [3.63, 3.8) is 0 Å². The Bertz CT molecular complexity index is 378. The van der Waals surface area contributed by atoms with Crippen molar-refractivity contribution in [3.05, 3.63) is 25.0 Å². The lowest BCUT2D eigenvalue weighted by molar-refractivity contribution is 0.0696. The SMILES string of the molecule is Nc1c(Br)cc(C(=O)O)c(Br)c1Br. The minimum Gasteiger partial charge on any atom is -0.478 e. The van der Waals surface area contributed by atoms with Gasteiger partial charge in [-0.2, -0.15) is 0 Å². The molecule has 0 amide bonds. The fourth-order valence-corrected chi connectivity index (χ4v) is 2.38. The predicted molar refractivity (Wildman–Crippen MR) is 60.9 cm³/mol. The van der Waals surface area contributed by atoms with Crippen LogP contribution >= 0.6 is 47.8 Å². The number of carboxylic acids is 1. The fraction of sp³-hybridized carbons (Fsp3) is 0. The Morgan fingerprint density at radius 3 is 2.31 bits per heavy atom. The van der Waals surface area contributed by atoms with Crippen LogP contribution < -0.4 is 5.73 Å². The topological polar surface area (TPSA) is 63.3 Å². The number of nitrogens with two attached hydrogens (primary N) is 1. The number of carboxylic acid groups (broad SMARTS) is 1. The minimum absolute atomic E-state index is 0.160. The van der Waals surface area contributed by atoms with Gasteiger partial charge in [0, 0.05) is 8.95 Å². The van der Waals surface area contributed by atoms with Crippen molar-refractivity contribution in [1.82, 2.24) is 0 Å². The van der Waals surface area contributed by atoms with Crippen LogP contribution in [0.15, 0.2) is 19.5 Å². The quantitative estimate of drug-likeness (QED) is 0.586. The molecule has 1 aromatic rings. The molecule has 0 bridgehead atoms. The van der Waals surface area contributed by atoms with Crippen LogP contribution in [0, 0.1) is 0 Å². The van der Waals surface area contributed by atoms with E-state index < -0.39 is 5.97 Å². The molecule has 0 aliphatic carbocycles. The van der Waals surface area contributed by atoms with Crippen molar-refractivity contribution in [2.24, 2.45) is 0 Å². The number of aromatic carboxylic acids is 1. The van der Waals surface area contributed by atoms with Gasteiger partial charge in [-0.15, -0.1) is 0 Å². The largest absolute Gasteiger partial charge is 0.478 e. The van der Waals surface area contributed by atoms with E-state index >= 15 is 0 Å². The zero-order valence-corrected chi connectivity index (χ0v) is 10.9. The van der Waals surface area contributed by atoms with Gasteiger partial charge in [-0.1, -0.05) is 0 Å². The van der Waals surface area contributed by atoms with Gasteiger partial charge < -0.3 is 10.8 Å². The van der Waals surface area contributed by atoms with Crippen LogP contribution in [0.4, 0.5) is 5.69 Å². The Labute approximate surface area is 99.7 Å². The number of nitrogen functional groups attached to an aromatic ring is 1. The highest BCUT2D eigenvalue weighted by Crippen LogP contribution is 2.37. The first-order chi connectivity index (χ1) is 5.95. The number of anilines is 1. The Balaban J connectivity index is 3.50. The van der Waals surface area contributed by atoms with E-state index in [1.165, 1.54) is 6.07 Å². The van der Waals surface area contributed by atoms with Crippen LogP contribution in [0.2, 0.25) is 0 Å². The summed E-state index contributed by atoms with van der Waals surface area (Å²) in [4.78, 5) is 10.7. The van der Waals surface area contributed by atoms with E-state index in [1.807, 2.05) is 0 Å². The van der Waals surface area contributed by atoms with Crippen molar-refractivity contribution in [2.75, 3.05) is 5.73 Å². The first-order valence-corrected chi connectivity index (χ1v) is 5.49. The summed E-state index contributed by atoms with van der Waals surface area (Å²) in [6.45, 7) is 0. The van der Waals surface area contributed by atoms with Gasteiger partial charge in [-0.25, -0.2) is 4.79 Å². The second-order valence-corrected chi connectivity index (χ2v) is 4.69. The maximum Gasteiger partial charge on any atom is 0.336 e. The van der Waals surface area contributed by atoms with E-state index in [0.29, 0.717) is 19.1 Å². The summed E-state index contributed by atoms with van der Waals surface area (Å²) in [6.07, 6.45) is 0. The number of benzene rings is 1. The highest BCUT2D eigenvalue weighted by molar-refractivity contribution is 9.13. The second-order valence-electron chi connectivity index (χ2n) is 2.25. The summed E-state index contributed by atoms with van der Waals surface area (Å²) in [7, 11) is 0. The molecule has 70 valence electrons. The van der Waals surface area contributed by atoms with Crippen LogP contribution in [-0.2, 0) is 0 Å². The molecule has 0 saturated heterocycles.